The number of ether oxygens (including phenoxy) is 1. The van der Waals surface area contributed by atoms with Gasteiger partial charge in [-0.25, -0.2) is 4.79 Å². The summed E-state index contributed by atoms with van der Waals surface area (Å²) in [5, 5.41) is 0. The Kier molecular flexibility index (Phi) is 3.82. The molecule has 0 amide bonds. The maximum atomic E-state index is 11.1. The standard InChI is InChI=1S/C10H11NO4/c1-14-10(13)5-3-7-2-4-9(15-7)8(12)6-11/h2-5H,6,11H2,1H3/b5-3+. The van der Waals surface area contributed by atoms with Gasteiger partial charge in [-0.2, -0.15) is 0 Å². The molecule has 0 bridgehead atoms. The van der Waals surface area contributed by atoms with E-state index < -0.39 is 5.97 Å². The van der Waals surface area contributed by atoms with Crippen LogP contribution in [-0.2, 0) is 9.53 Å². The molecular formula is C10H11NO4. The van der Waals surface area contributed by atoms with Gasteiger partial charge in [0.05, 0.1) is 13.7 Å². The first kappa shape index (κ1) is 11.2. The Bertz CT molecular complexity index is 392. The first-order valence-electron chi connectivity index (χ1n) is 4.26. The number of Topliss-reactive ketones (excluding diaryl/α,β-unsaturated/α-hetero) is 1. The van der Waals surface area contributed by atoms with Gasteiger partial charge in [0.2, 0.25) is 5.78 Å². The van der Waals surface area contributed by atoms with Crippen LogP contribution in [0, 0.1) is 0 Å². The summed E-state index contributed by atoms with van der Waals surface area (Å²) in [6, 6.07) is 3.08. The largest absolute Gasteiger partial charge is 0.466 e. The number of hydrogen-bond donors (Lipinski definition) is 1. The third-order valence-corrected chi connectivity index (χ3v) is 1.67. The summed E-state index contributed by atoms with van der Waals surface area (Å²) in [7, 11) is 1.28. The van der Waals surface area contributed by atoms with E-state index >= 15 is 0 Å². The zero-order chi connectivity index (χ0) is 11.3. The molecule has 0 aromatic carbocycles. The molecular weight excluding hydrogens is 198 g/mol. The van der Waals surface area contributed by atoms with Crippen molar-refractivity contribution in [2.45, 2.75) is 0 Å². The maximum absolute atomic E-state index is 11.1. The van der Waals surface area contributed by atoms with Gasteiger partial charge in [-0.3, -0.25) is 4.79 Å². The van der Waals surface area contributed by atoms with E-state index in [2.05, 4.69) is 4.74 Å². The maximum Gasteiger partial charge on any atom is 0.330 e. The second kappa shape index (κ2) is 5.11. The number of carbonyl (C=O) groups is 2. The summed E-state index contributed by atoms with van der Waals surface area (Å²) in [6.45, 7) is -0.104. The smallest absolute Gasteiger partial charge is 0.330 e. The van der Waals surface area contributed by atoms with Crippen molar-refractivity contribution in [1.82, 2.24) is 0 Å². The van der Waals surface area contributed by atoms with Crippen LogP contribution < -0.4 is 5.73 Å². The average Bonchev–Trinajstić information content (AvgIpc) is 2.73. The molecule has 0 spiro atoms. The monoisotopic (exact) mass is 209 g/mol. The van der Waals surface area contributed by atoms with Gasteiger partial charge in [-0.1, -0.05) is 0 Å². The fraction of sp³-hybridized carbons (Fsp3) is 0.200. The van der Waals surface area contributed by atoms with E-state index in [1.807, 2.05) is 0 Å². The van der Waals surface area contributed by atoms with Crippen molar-refractivity contribution in [3.63, 3.8) is 0 Å². The molecule has 1 rings (SSSR count). The van der Waals surface area contributed by atoms with E-state index in [0.29, 0.717) is 5.76 Å². The highest BCUT2D eigenvalue weighted by Gasteiger charge is 2.07. The Morgan fingerprint density at radius 2 is 2.27 bits per heavy atom. The SMILES string of the molecule is COC(=O)/C=C/c1ccc(C(=O)CN)o1. The quantitative estimate of drug-likeness (QED) is 0.446. The van der Waals surface area contributed by atoms with Gasteiger partial charge in [0.1, 0.15) is 5.76 Å². The lowest BCUT2D eigenvalue weighted by Crippen LogP contribution is -2.12. The van der Waals surface area contributed by atoms with Gasteiger partial charge in [0.25, 0.3) is 0 Å². The number of furan rings is 1. The number of esters is 1. The predicted molar refractivity (Wildman–Crippen MR) is 53.1 cm³/mol. The van der Waals surface area contributed by atoms with Crippen molar-refractivity contribution in [3.8, 4) is 0 Å². The molecule has 1 aromatic heterocycles. The summed E-state index contributed by atoms with van der Waals surface area (Å²) in [4.78, 5) is 21.8. The van der Waals surface area contributed by atoms with Crippen LogP contribution in [0.25, 0.3) is 6.08 Å². The zero-order valence-corrected chi connectivity index (χ0v) is 8.23. The molecule has 0 unspecified atom stereocenters. The van der Waals surface area contributed by atoms with Crippen LogP contribution in [0.4, 0.5) is 0 Å². The number of carbonyl (C=O) groups excluding carboxylic acids is 2. The summed E-state index contributed by atoms with van der Waals surface area (Å²) in [5.41, 5.74) is 5.16. The van der Waals surface area contributed by atoms with Crippen molar-refractivity contribution in [1.29, 1.82) is 0 Å². The highest BCUT2D eigenvalue weighted by molar-refractivity contribution is 5.95. The number of nitrogens with two attached hydrogens (primary N) is 1. The normalized spacial score (nSPS) is 10.5. The van der Waals surface area contributed by atoms with Gasteiger partial charge in [-0.15, -0.1) is 0 Å². The van der Waals surface area contributed by atoms with Crippen LogP contribution in [0.3, 0.4) is 0 Å². The highest BCUT2D eigenvalue weighted by Crippen LogP contribution is 2.09. The molecule has 0 saturated heterocycles. The summed E-state index contributed by atoms with van der Waals surface area (Å²) < 4.78 is 9.50. The van der Waals surface area contributed by atoms with Crippen LogP contribution in [0.15, 0.2) is 22.6 Å². The van der Waals surface area contributed by atoms with Gasteiger partial charge in [0.15, 0.2) is 5.76 Å². The van der Waals surface area contributed by atoms with Gasteiger partial charge in [-0.05, 0) is 18.2 Å². The number of hydrogen-bond acceptors (Lipinski definition) is 5. The molecule has 0 aliphatic rings. The molecule has 1 heterocycles. The molecule has 0 aliphatic carbocycles. The third kappa shape index (κ3) is 3.07. The minimum absolute atomic E-state index is 0.104. The van der Waals surface area contributed by atoms with Crippen LogP contribution in [0.1, 0.15) is 16.3 Å². The van der Waals surface area contributed by atoms with E-state index in [4.69, 9.17) is 10.2 Å². The summed E-state index contributed by atoms with van der Waals surface area (Å²) in [6.07, 6.45) is 2.62. The number of ketones is 1. The molecule has 80 valence electrons. The third-order valence-electron chi connectivity index (χ3n) is 1.67. The van der Waals surface area contributed by atoms with E-state index in [1.54, 1.807) is 6.07 Å². The first-order valence-corrected chi connectivity index (χ1v) is 4.26. The lowest BCUT2D eigenvalue weighted by atomic mass is 10.3. The Morgan fingerprint density at radius 1 is 1.53 bits per heavy atom. The fourth-order valence-electron chi connectivity index (χ4n) is 0.911. The van der Waals surface area contributed by atoms with Crippen molar-refractivity contribution < 1.29 is 18.7 Å². The molecule has 0 aliphatic heterocycles. The molecule has 0 atom stereocenters. The predicted octanol–water partition coefficient (Wildman–Crippen LogP) is 0.607. The Balaban J connectivity index is 2.72. The molecule has 5 heteroatoms. The zero-order valence-electron chi connectivity index (χ0n) is 8.23. The molecule has 2 N–H and O–H groups in total. The van der Waals surface area contributed by atoms with Crippen molar-refractivity contribution in [2.24, 2.45) is 5.73 Å². The summed E-state index contributed by atoms with van der Waals surface area (Å²) in [5.74, 6) is -0.190. The van der Waals surface area contributed by atoms with Crippen LogP contribution in [-0.4, -0.2) is 25.4 Å². The molecule has 15 heavy (non-hydrogen) atoms. The second-order valence-electron chi connectivity index (χ2n) is 2.69. The minimum atomic E-state index is -0.488. The molecule has 5 nitrogen and oxygen atoms in total. The minimum Gasteiger partial charge on any atom is -0.466 e. The van der Waals surface area contributed by atoms with Crippen molar-refractivity contribution >= 4 is 17.8 Å². The number of rotatable bonds is 4. The van der Waals surface area contributed by atoms with E-state index in [1.165, 1.54) is 25.3 Å². The average molecular weight is 209 g/mol. The van der Waals surface area contributed by atoms with E-state index in [-0.39, 0.29) is 18.1 Å². The van der Waals surface area contributed by atoms with E-state index in [9.17, 15) is 9.59 Å². The second-order valence-corrected chi connectivity index (χ2v) is 2.69. The van der Waals surface area contributed by atoms with E-state index in [0.717, 1.165) is 0 Å². The Hall–Kier alpha value is -1.88. The number of methoxy groups -OCH3 is 1. The molecule has 1 aromatic rings. The molecule has 0 saturated carbocycles. The van der Waals surface area contributed by atoms with Crippen molar-refractivity contribution in [3.05, 3.63) is 29.7 Å². The molecule has 0 fully saturated rings. The Labute approximate surface area is 86.5 Å². The van der Waals surface area contributed by atoms with Crippen LogP contribution in [0.5, 0.6) is 0 Å². The van der Waals surface area contributed by atoms with Gasteiger partial charge in [0, 0.05) is 6.08 Å². The van der Waals surface area contributed by atoms with Crippen LogP contribution in [0.2, 0.25) is 0 Å². The lowest BCUT2D eigenvalue weighted by Gasteiger charge is -1.90. The Morgan fingerprint density at radius 3 is 2.87 bits per heavy atom. The van der Waals surface area contributed by atoms with Gasteiger partial charge < -0.3 is 14.9 Å². The van der Waals surface area contributed by atoms with Gasteiger partial charge >= 0.3 is 5.97 Å². The summed E-state index contributed by atoms with van der Waals surface area (Å²) >= 11 is 0. The topological polar surface area (TPSA) is 82.5 Å². The van der Waals surface area contributed by atoms with Crippen LogP contribution >= 0.6 is 0 Å². The fourth-order valence-corrected chi connectivity index (χ4v) is 0.911. The highest BCUT2D eigenvalue weighted by atomic mass is 16.5. The van der Waals surface area contributed by atoms with Crippen molar-refractivity contribution in [2.75, 3.05) is 13.7 Å². The molecule has 0 radical (unpaired) electrons. The first-order chi connectivity index (χ1) is 7.17. The lowest BCUT2D eigenvalue weighted by molar-refractivity contribution is -0.134.